The molecule has 6 aromatic carbocycles. The molecule has 0 atom stereocenters. The van der Waals surface area contributed by atoms with Crippen molar-refractivity contribution in [3.63, 3.8) is 0 Å². The quantitative estimate of drug-likeness (QED) is 0.220. The molecule has 1 nitrogen and oxygen atoms in total. The van der Waals surface area contributed by atoms with Crippen LogP contribution in [0.1, 0.15) is 30.5 Å². The number of aryl methyl sites for hydroxylation is 1. The van der Waals surface area contributed by atoms with Crippen LogP contribution in [0.4, 0.5) is 0 Å². The summed E-state index contributed by atoms with van der Waals surface area (Å²) in [5.41, 5.74) is 10.4. The van der Waals surface area contributed by atoms with Gasteiger partial charge in [-0.05, 0) is 87.1 Å². The summed E-state index contributed by atoms with van der Waals surface area (Å²) in [4.78, 5) is 0. The minimum atomic E-state index is -0.0226. The smallest absolute Gasteiger partial charge is 0.0547 e. The van der Waals surface area contributed by atoms with Crippen molar-refractivity contribution in [3.05, 3.63) is 126 Å². The molecule has 0 saturated carbocycles. The molecular weight excluding hydrogens is 446 g/mol. The fourth-order valence-corrected chi connectivity index (χ4v) is 6.78. The summed E-state index contributed by atoms with van der Waals surface area (Å²) >= 11 is 0. The van der Waals surface area contributed by atoms with Crippen LogP contribution in [-0.2, 0) is 5.41 Å². The third kappa shape index (κ3) is 2.74. The van der Waals surface area contributed by atoms with Gasteiger partial charge in [-0.1, -0.05) is 92.2 Å². The van der Waals surface area contributed by atoms with E-state index in [4.69, 9.17) is 0 Å². The Bertz CT molecular complexity index is 2050. The Morgan fingerprint density at radius 3 is 2.03 bits per heavy atom. The highest BCUT2D eigenvalue weighted by Crippen LogP contribution is 2.50. The molecule has 0 amide bonds. The van der Waals surface area contributed by atoms with Crippen LogP contribution in [0.15, 0.2) is 109 Å². The molecule has 7 aromatic rings. The number of fused-ring (bicyclic) bond motifs is 3. The standard InChI is InChI=1S/C36H27N/c1-22-17-24-13-14-25-19-26(20-31-35(25)34(24)30(18-22)36(31,2)3)23-15-16-29-28-11-7-8-12-32(28)37(33(29)21-23)27-9-5-4-6-10-27/h4-21H,1-3H3. The van der Waals surface area contributed by atoms with E-state index in [-0.39, 0.29) is 5.41 Å². The lowest BCUT2D eigenvalue weighted by Gasteiger charge is -2.23. The predicted molar refractivity (Wildman–Crippen MR) is 158 cm³/mol. The first-order valence-electron chi connectivity index (χ1n) is 13.1. The zero-order valence-electron chi connectivity index (χ0n) is 21.3. The lowest BCUT2D eigenvalue weighted by atomic mass is 9.80. The van der Waals surface area contributed by atoms with Gasteiger partial charge < -0.3 is 4.57 Å². The zero-order valence-corrected chi connectivity index (χ0v) is 21.3. The summed E-state index contributed by atoms with van der Waals surface area (Å²) in [5, 5.41) is 8.14. The Labute approximate surface area is 216 Å². The average molecular weight is 474 g/mol. The molecule has 1 aliphatic carbocycles. The van der Waals surface area contributed by atoms with Crippen LogP contribution in [0.25, 0.3) is 60.2 Å². The molecule has 1 aromatic heterocycles. The van der Waals surface area contributed by atoms with Crippen LogP contribution in [0.3, 0.4) is 0 Å². The van der Waals surface area contributed by atoms with Gasteiger partial charge in [0.25, 0.3) is 0 Å². The van der Waals surface area contributed by atoms with Crippen molar-refractivity contribution >= 4 is 43.4 Å². The minimum Gasteiger partial charge on any atom is -0.309 e. The van der Waals surface area contributed by atoms with E-state index in [1.54, 1.807) is 0 Å². The maximum absolute atomic E-state index is 2.45. The molecule has 0 bridgehead atoms. The highest BCUT2D eigenvalue weighted by Gasteiger charge is 2.34. The lowest BCUT2D eigenvalue weighted by Crippen LogP contribution is -2.15. The van der Waals surface area contributed by atoms with E-state index < -0.39 is 0 Å². The lowest BCUT2D eigenvalue weighted by molar-refractivity contribution is 0.662. The number of nitrogens with zero attached hydrogens (tertiary/aromatic N) is 1. The fourth-order valence-electron chi connectivity index (χ4n) is 6.78. The molecule has 0 aliphatic heterocycles. The van der Waals surface area contributed by atoms with E-state index >= 15 is 0 Å². The summed E-state index contributed by atoms with van der Waals surface area (Å²) in [6.07, 6.45) is 0. The average Bonchev–Trinajstić information content (AvgIpc) is 3.37. The van der Waals surface area contributed by atoms with Crippen molar-refractivity contribution in [2.75, 3.05) is 0 Å². The van der Waals surface area contributed by atoms with E-state index in [0.717, 1.165) is 0 Å². The van der Waals surface area contributed by atoms with Crippen LogP contribution >= 0.6 is 0 Å². The number of para-hydroxylation sites is 2. The summed E-state index contributed by atoms with van der Waals surface area (Å²) in [6.45, 7) is 6.98. The van der Waals surface area contributed by atoms with Crippen molar-refractivity contribution in [2.24, 2.45) is 0 Å². The molecule has 0 radical (unpaired) electrons. The summed E-state index contributed by atoms with van der Waals surface area (Å²) < 4.78 is 2.40. The van der Waals surface area contributed by atoms with E-state index in [0.29, 0.717) is 0 Å². The van der Waals surface area contributed by atoms with E-state index in [1.807, 2.05) is 0 Å². The third-order valence-corrected chi connectivity index (χ3v) is 8.54. The molecule has 1 aliphatic rings. The molecular formula is C36H27N. The monoisotopic (exact) mass is 473 g/mol. The highest BCUT2D eigenvalue weighted by atomic mass is 15.0. The molecule has 37 heavy (non-hydrogen) atoms. The van der Waals surface area contributed by atoms with Crippen molar-refractivity contribution in [1.29, 1.82) is 0 Å². The highest BCUT2D eigenvalue weighted by molar-refractivity contribution is 6.16. The van der Waals surface area contributed by atoms with Gasteiger partial charge in [0.2, 0.25) is 0 Å². The van der Waals surface area contributed by atoms with Crippen LogP contribution in [0.5, 0.6) is 0 Å². The maximum atomic E-state index is 2.45. The van der Waals surface area contributed by atoms with Gasteiger partial charge in [-0.15, -0.1) is 0 Å². The van der Waals surface area contributed by atoms with Crippen molar-refractivity contribution in [1.82, 2.24) is 4.57 Å². The van der Waals surface area contributed by atoms with Crippen LogP contribution in [-0.4, -0.2) is 4.57 Å². The molecule has 1 heteroatoms. The second-order valence-electron chi connectivity index (χ2n) is 11.1. The largest absolute Gasteiger partial charge is 0.309 e. The zero-order chi connectivity index (χ0) is 24.9. The van der Waals surface area contributed by atoms with Crippen LogP contribution in [0, 0.1) is 6.92 Å². The van der Waals surface area contributed by atoms with Crippen LogP contribution < -0.4 is 0 Å². The summed E-state index contributed by atoms with van der Waals surface area (Å²) in [6, 6.07) is 40.6. The second kappa shape index (κ2) is 7.11. The first kappa shape index (κ1) is 20.8. The van der Waals surface area contributed by atoms with Gasteiger partial charge in [0.1, 0.15) is 0 Å². The molecule has 0 spiro atoms. The Hall–Kier alpha value is -4.36. The second-order valence-corrected chi connectivity index (χ2v) is 11.1. The summed E-state index contributed by atoms with van der Waals surface area (Å²) in [5.74, 6) is 0. The Morgan fingerprint density at radius 1 is 0.541 bits per heavy atom. The molecule has 0 N–H and O–H groups in total. The number of rotatable bonds is 2. The van der Waals surface area contributed by atoms with Crippen molar-refractivity contribution in [3.8, 4) is 16.8 Å². The van der Waals surface area contributed by atoms with Gasteiger partial charge in [-0.3, -0.25) is 0 Å². The van der Waals surface area contributed by atoms with Gasteiger partial charge in [-0.2, -0.15) is 0 Å². The third-order valence-electron chi connectivity index (χ3n) is 8.54. The Balaban J connectivity index is 1.41. The first-order chi connectivity index (χ1) is 18.0. The predicted octanol–water partition coefficient (Wildman–Crippen LogP) is 9.70. The summed E-state index contributed by atoms with van der Waals surface area (Å²) in [7, 11) is 0. The van der Waals surface area contributed by atoms with Crippen molar-refractivity contribution in [2.45, 2.75) is 26.2 Å². The Morgan fingerprint density at radius 2 is 1.22 bits per heavy atom. The first-order valence-corrected chi connectivity index (χ1v) is 13.1. The normalized spacial score (nSPS) is 14.0. The molecule has 0 fully saturated rings. The SMILES string of the molecule is Cc1cc2c3c(ccc4cc(-c5ccc6c7ccccc7n(-c7ccccc7)c6c5)cc(c43)C2(C)C)c1. The van der Waals surface area contributed by atoms with Gasteiger partial charge in [-0.25, -0.2) is 0 Å². The number of hydrogen-bond donors (Lipinski definition) is 0. The van der Waals surface area contributed by atoms with E-state index in [9.17, 15) is 0 Å². The van der Waals surface area contributed by atoms with Gasteiger partial charge in [0.15, 0.2) is 0 Å². The van der Waals surface area contributed by atoms with E-state index in [2.05, 4.69) is 135 Å². The molecule has 8 rings (SSSR count). The number of benzene rings is 6. The topological polar surface area (TPSA) is 4.93 Å². The van der Waals surface area contributed by atoms with Crippen molar-refractivity contribution < 1.29 is 0 Å². The van der Waals surface area contributed by atoms with Gasteiger partial charge in [0.05, 0.1) is 11.0 Å². The molecule has 0 saturated heterocycles. The number of hydrogen-bond acceptors (Lipinski definition) is 0. The fraction of sp³-hybridized carbons (Fsp3) is 0.111. The number of aromatic nitrogens is 1. The maximum Gasteiger partial charge on any atom is 0.0547 e. The molecule has 176 valence electrons. The van der Waals surface area contributed by atoms with Gasteiger partial charge >= 0.3 is 0 Å². The van der Waals surface area contributed by atoms with Crippen LogP contribution in [0.2, 0.25) is 0 Å². The van der Waals surface area contributed by atoms with Gasteiger partial charge in [0, 0.05) is 21.9 Å². The minimum absolute atomic E-state index is 0.0226. The Kier molecular flexibility index (Phi) is 4.00. The van der Waals surface area contributed by atoms with E-state index in [1.165, 1.54) is 76.9 Å². The molecule has 1 heterocycles. The molecule has 0 unspecified atom stereocenters.